The van der Waals surface area contributed by atoms with Gasteiger partial charge in [-0.15, -0.1) is 0 Å². The van der Waals surface area contributed by atoms with E-state index in [2.05, 4.69) is 4.52 Å². The Hall–Kier alpha value is 1.52. The summed E-state index contributed by atoms with van der Waals surface area (Å²) in [6, 6.07) is 0. The molecule has 0 saturated carbocycles. The molecule has 2 unspecified atom stereocenters. The van der Waals surface area contributed by atoms with E-state index in [0.717, 1.165) is 0 Å². The molecule has 1 aliphatic heterocycles. The molecule has 1 fully saturated rings. The summed E-state index contributed by atoms with van der Waals surface area (Å²) in [4.78, 5) is 20.3. The molecule has 90 valence electrons. The summed E-state index contributed by atoms with van der Waals surface area (Å²) in [6.07, 6.45) is -4.88. The molecule has 0 bridgehead atoms. The van der Waals surface area contributed by atoms with E-state index >= 15 is 0 Å². The van der Waals surface area contributed by atoms with Crippen LogP contribution in [0.3, 0.4) is 0 Å². The van der Waals surface area contributed by atoms with E-state index in [-0.39, 0.29) is 48.9 Å². The number of ether oxygens (including phenoxy) is 1. The Morgan fingerprint density at radius 2 is 1.75 bits per heavy atom. The molecule has 1 saturated heterocycles. The SMILES string of the molecule is O=P([O-])([O-])OC[C@@H]1O[C@@H](CO)C(O)C1O.[Ba+2]. The van der Waals surface area contributed by atoms with Crippen LogP contribution < -0.4 is 9.79 Å². The van der Waals surface area contributed by atoms with Crippen molar-refractivity contribution < 1.29 is 38.9 Å². The van der Waals surface area contributed by atoms with E-state index in [1.54, 1.807) is 0 Å². The van der Waals surface area contributed by atoms with Crippen molar-refractivity contribution in [2.45, 2.75) is 24.4 Å². The fourth-order valence-corrected chi connectivity index (χ4v) is 1.61. The fourth-order valence-electron chi connectivity index (χ4n) is 1.28. The van der Waals surface area contributed by atoms with Gasteiger partial charge in [-0.1, -0.05) is 0 Å². The zero-order chi connectivity index (χ0) is 11.6. The van der Waals surface area contributed by atoms with Crippen LogP contribution in [-0.4, -0.2) is 102 Å². The van der Waals surface area contributed by atoms with E-state index in [4.69, 9.17) is 9.84 Å². The zero-order valence-electron chi connectivity index (χ0n) is 8.26. The third-order valence-corrected chi connectivity index (χ3v) is 2.50. The third-order valence-electron chi connectivity index (χ3n) is 2.04. The average molecular weight is 379 g/mol. The second-order valence-electron chi connectivity index (χ2n) is 3.12. The van der Waals surface area contributed by atoms with Gasteiger partial charge in [-0.05, 0) is 0 Å². The molecule has 10 heteroatoms. The van der Waals surface area contributed by atoms with Gasteiger partial charge in [-0.25, -0.2) is 0 Å². The second kappa shape index (κ2) is 7.19. The largest absolute Gasteiger partial charge is 2.00 e. The molecule has 4 atom stereocenters. The van der Waals surface area contributed by atoms with E-state index in [1.807, 2.05) is 0 Å². The van der Waals surface area contributed by atoms with Crippen molar-refractivity contribution >= 4 is 56.7 Å². The quantitative estimate of drug-likeness (QED) is 0.331. The topological polar surface area (TPSA) is 142 Å². The Kier molecular flexibility index (Phi) is 7.88. The molecule has 16 heavy (non-hydrogen) atoms. The number of hydrogen-bond acceptors (Lipinski definition) is 8. The van der Waals surface area contributed by atoms with Crippen molar-refractivity contribution in [1.82, 2.24) is 0 Å². The summed E-state index contributed by atoms with van der Waals surface area (Å²) in [5, 5.41) is 27.2. The normalized spacial score (nSPS) is 34.8. The van der Waals surface area contributed by atoms with Crippen molar-refractivity contribution in [2.75, 3.05) is 13.2 Å². The third kappa shape index (κ3) is 5.03. The first-order valence-electron chi connectivity index (χ1n) is 4.14. The molecular weight excluding hydrogens is 368 g/mol. The molecule has 0 amide bonds. The first-order chi connectivity index (χ1) is 6.85. The number of aliphatic hydroxyl groups excluding tert-OH is 3. The van der Waals surface area contributed by atoms with Gasteiger partial charge < -0.3 is 38.9 Å². The molecule has 0 aromatic carbocycles. The van der Waals surface area contributed by atoms with Crippen molar-refractivity contribution in [1.29, 1.82) is 0 Å². The Morgan fingerprint density at radius 1 is 1.25 bits per heavy atom. The van der Waals surface area contributed by atoms with Gasteiger partial charge in [0.2, 0.25) is 0 Å². The maximum atomic E-state index is 10.1. The number of aliphatic hydroxyl groups is 3. The summed E-state index contributed by atoms with van der Waals surface area (Å²) in [6.45, 7) is -1.21. The molecule has 8 nitrogen and oxygen atoms in total. The molecule has 1 aliphatic rings. The minimum atomic E-state index is -5.13. The summed E-state index contributed by atoms with van der Waals surface area (Å²) in [5.74, 6) is 0. The zero-order valence-corrected chi connectivity index (χ0v) is 13.6. The van der Waals surface area contributed by atoms with Crippen LogP contribution in [0.25, 0.3) is 0 Å². The van der Waals surface area contributed by atoms with Gasteiger partial charge in [0.25, 0.3) is 0 Å². The predicted molar refractivity (Wildman–Crippen MR) is 47.1 cm³/mol. The smallest absolute Gasteiger partial charge is 0.790 e. The van der Waals surface area contributed by atoms with Crippen LogP contribution in [0.2, 0.25) is 0 Å². The maximum Gasteiger partial charge on any atom is 2.00 e. The summed E-state index contributed by atoms with van der Waals surface area (Å²) in [5.41, 5.74) is 0. The Morgan fingerprint density at radius 3 is 2.12 bits per heavy atom. The predicted octanol–water partition coefficient (Wildman–Crippen LogP) is -4.07. The van der Waals surface area contributed by atoms with Gasteiger partial charge in [0.05, 0.1) is 21.0 Å². The van der Waals surface area contributed by atoms with Gasteiger partial charge >= 0.3 is 48.9 Å². The van der Waals surface area contributed by atoms with Crippen molar-refractivity contribution in [3.05, 3.63) is 0 Å². The van der Waals surface area contributed by atoms with E-state index < -0.39 is 45.5 Å². The second-order valence-corrected chi connectivity index (χ2v) is 4.27. The number of hydrogen-bond donors (Lipinski definition) is 3. The van der Waals surface area contributed by atoms with E-state index in [1.165, 1.54) is 0 Å². The van der Waals surface area contributed by atoms with Gasteiger partial charge in [-0.2, -0.15) is 0 Å². The van der Waals surface area contributed by atoms with Gasteiger partial charge in [-0.3, -0.25) is 0 Å². The van der Waals surface area contributed by atoms with Crippen molar-refractivity contribution in [2.24, 2.45) is 0 Å². The molecule has 0 radical (unpaired) electrons. The Bertz CT molecular complexity index is 257. The number of phosphoric acid groups is 1. The number of phosphoric ester groups is 1. The Balaban J connectivity index is 0.00000225. The summed E-state index contributed by atoms with van der Waals surface area (Å²) < 4.78 is 18.9. The molecule has 0 aromatic rings. The van der Waals surface area contributed by atoms with E-state index in [0.29, 0.717) is 0 Å². The molecule has 3 N–H and O–H groups in total. The van der Waals surface area contributed by atoms with Crippen LogP contribution >= 0.6 is 7.82 Å². The molecule has 1 heterocycles. The van der Waals surface area contributed by atoms with Gasteiger partial charge in [0, 0.05) is 0 Å². The summed E-state index contributed by atoms with van der Waals surface area (Å²) >= 11 is 0. The van der Waals surface area contributed by atoms with Crippen molar-refractivity contribution in [3.63, 3.8) is 0 Å². The minimum Gasteiger partial charge on any atom is -0.790 e. The molecule has 0 aromatic heterocycles. The monoisotopic (exact) mass is 380 g/mol. The molecule has 1 rings (SSSR count). The maximum absolute atomic E-state index is 10.1. The van der Waals surface area contributed by atoms with Gasteiger partial charge in [0.1, 0.15) is 24.4 Å². The van der Waals surface area contributed by atoms with Crippen LogP contribution in [0.4, 0.5) is 0 Å². The molecule has 0 aliphatic carbocycles. The Labute approximate surface area is 132 Å². The van der Waals surface area contributed by atoms with E-state index in [9.17, 15) is 24.6 Å². The van der Waals surface area contributed by atoms with Crippen LogP contribution in [0.15, 0.2) is 0 Å². The van der Waals surface area contributed by atoms with Gasteiger partial charge in [0.15, 0.2) is 0 Å². The average Bonchev–Trinajstić information content (AvgIpc) is 2.40. The first kappa shape index (κ1) is 17.5. The van der Waals surface area contributed by atoms with Crippen LogP contribution in [0, 0.1) is 0 Å². The first-order valence-corrected chi connectivity index (χ1v) is 5.60. The fraction of sp³-hybridized carbons (Fsp3) is 1.00. The number of rotatable bonds is 4. The minimum absolute atomic E-state index is 0. The molecular formula is C6H11BaO8P. The van der Waals surface area contributed by atoms with Crippen molar-refractivity contribution in [3.8, 4) is 0 Å². The molecule has 0 spiro atoms. The van der Waals surface area contributed by atoms with Crippen LogP contribution in [0.1, 0.15) is 0 Å². The van der Waals surface area contributed by atoms with Crippen LogP contribution in [0.5, 0.6) is 0 Å². The standard InChI is InChI=1S/C6H13O8P.Ba/c7-1-3-5(8)6(9)4(14-3)2-13-15(10,11)12;/h3-9H,1-2H2,(H2,10,11,12);/q;+2/p-2/t3-,4-,5?,6?;/m0./s1. The van der Waals surface area contributed by atoms with Crippen LogP contribution in [-0.2, 0) is 13.8 Å². The summed E-state index contributed by atoms with van der Waals surface area (Å²) in [7, 11) is -5.13.